The first kappa shape index (κ1) is 11.4. The quantitative estimate of drug-likeness (QED) is 0.611. The summed E-state index contributed by atoms with van der Waals surface area (Å²) < 4.78 is 9.54. The maximum absolute atomic E-state index is 11.3. The third-order valence-electron chi connectivity index (χ3n) is 1.86. The fraction of sp³-hybridized carbons (Fsp3) is 0.200. The average molecular weight is 223 g/mol. The van der Waals surface area contributed by atoms with Crippen LogP contribution in [0.3, 0.4) is 0 Å². The van der Waals surface area contributed by atoms with Crippen LogP contribution in [0.15, 0.2) is 17.0 Å². The van der Waals surface area contributed by atoms with Gasteiger partial charge in [0.1, 0.15) is 11.6 Å². The standard InChI is InChI=1S/C10H9NO3S/c1-13-9-7(5-11)6(10(12)14-2)3-4-8(9)15/h3-4,15H,1-2H3. The van der Waals surface area contributed by atoms with E-state index >= 15 is 0 Å². The Morgan fingerprint density at radius 3 is 2.60 bits per heavy atom. The molecular weight excluding hydrogens is 214 g/mol. The molecule has 0 bridgehead atoms. The van der Waals surface area contributed by atoms with E-state index in [9.17, 15) is 4.79 Å². The van der Waals surface area contributed by atoms with Crippen molar-refractivity contribution in [2.24, 2.45) is 0 Å². The van der Waals surface area contributed by atoms with Crippen LogP contribution >= 0.6 is 12.6 Å². The second-order valence-electron chi connectivity index (χ2n) is 2.64. The molecule has 0 heterocycles. The molecule has 0 saturated carbocycles. The lowest BCUT2D eigenvalue weighted by Crippen LogP contribution is -2.05. The molecular formula is C10H9NO3S. The third-order valence-corrected chi connectivity index (χ3v) is 2.21. The van der Waals surface area contributed by atoms with Gasteiger partial charge in [0, 0.05) is 4.90 Å². The number of hydrogen-bond donors (Lipinski definition) is 1. The Hall–Kier alpha value is -1.67. The predicted molar refractivity (Wildman–Crippen MR) is 56.3 cm³/mol. The largest absolute Gasteiger partial charge is 0.494 e. The fourth-order valence-electron chi connectivity index (χ4n) is 1.17. The van der Waals surface area contributed by atoms with E-state index in [1.54, 1.807) is 6.07 Å². The van der Waals surface area contributed by atoms with Crippen LogP contribution in [0.5, 0.6) is 5.75 Å². The van der Waals surface area contributed by atoms with Crippen LogP contribution in [0.1, 0.15) is 15.9 Å². The summed E-state index contributed by atoms with van der Waals surface area (Å²) in [5.74, 6) is -0.290. The monoisotopic (exact) mass is 223 g/mol. The molecule has 1 aromatic carbocycles. The Morgan fingerprint density at radius 1 is 1.47 bits per heavy atom. The topological polar surface area (TPSA) is 59.3 Å². The lowest BCUT2D eigenvalue weighted by atomic mass is 10.1. The summed E-state index contributed by atoms with van der Waals surface area (Å²) in [6, 6.07) is 4.96. The van der Waals surface area contributed by atoms with Crippen molar-refractivity contribution >= 4 is 18.6 Å². The Morgan fingerprint density at radius 2 is 2.13 bits per heavy atom. The number of nitrogens with zero attached hydrogens (tertiary/aromatic N) is 1. The van der Waals surface area contributed by atoms with Crippen LogP contribution in [0.4, 0.5) is 0 Å². The molecule has 1 aromatic rings. The molecule has 0 amide bonds. The van der Waals surface area contributed by atoms with Gasteiger partial charge in [-0.3, -0.25) is 0 Å². The van der Waals surface area contributed by atoms with Gasteiger partial charge in [0.15, 0.2) is 5.75 Å². The molecule has 0 N–H and O–H groups in total. The highest BCUT2D eigenvalue weighted by atomic mass is 32.1. The van der Waals surface area contributed by atoms with Crippen LogP contribution < -0.4 is 4.74 Å². The number of rotatable bonds is 2. The highest BCUT2D eigenvalue weighted by Crippen LogP contribution is 2.29. The second kappa shape index (κ2) is 4.71. The Balaban J connectivity index is 3.43. The summed E-state index contributed by atoms with van der Waals surface area (Å²) >= 11 is 4.12. The Labute approximate surface area is 92.8 Å². The summed E-state index contributed by atoms with van der Waals surface area (Å²) in [7, 11) is 2.67. The van der Waals surface area contributed by atoms with Gasteiger partial charge >= 0.3 is 5.97 Å². The van der Waals surface area contributed by atoms with Gasteiger partial charge in [-0.1, -0.05) is 0 Å². The smallest absolute Gasteiger partial charge is 0.339 e. The van der Waals surface area contributed by atoms with Crippen molar-refractivity contribution in [1.82, 2.24) is 0 Å². The van der Waals surface area contributed by atoms with Crippen molar-refractivity contribution in [3.05, 3.63) is 23.3 Å². The zero-order valence-corrected chi connectivity index (χ0v) is 9.17. The molecule has 0 unspecified atom stereocenters. The van der Waals surface area contributed by atoms with E-state index in [1.165, 1.54) is 20.3 Å². The maximum Gasteiger partial charge on any atom is 0.339 e. The minimum Gasteiger partial charge on any atom is -0.494 e. The first-order valence-electron chi connectivity index (χ1n) is 4.04. The van der Waals surface area contributed by atoms with Crippen molar-refractivity contribution in [3.63, 3.8) is 0 Å². The summed E-state index contributed by atoms with van der Waals surface area (Å²) in [5.41, 5.74) is 0.312. The van der Waals surface area contributed by atoms with Gasteiger partial charge in [-0.25, -0.2) is 4.79 Å². The molecule has 0 aliphatic heterocycles. The van der Waals surface area contributed by atoms with E-state index in [4.69, 9.17) is 10.00 Å². The molecule has 0 aliphatic carbocycles. The van der Waals surface area contributed by atoms with Crippen LogP contribution in [0.25, 0.3) is 0 Å². The molecule has 5 heteroatoms. The van der Waals surface area contributed by atoms with Crippen LogP contribution in [-0.2, 0) is 4.74 Å². The molecule has 0 spiro atoms. The number of esters is 1. The van der Waals surface area contributed by atoms with Crippen LogP contribution in [-0.4, -0.2) is 20.2 Å². The Bertz CT molecular complexity index is 437. The molecule has 0 aliphatic rings. The van der Waals surface area contributed by atoms with E-state index < -0.39 is 5.97 Å². The number of ether oxygens (including phenoxy) is 2. The zero-order valence-electron chi connectivity index (χ0n) is 8.27. The number of hydrogen-bond acceptors (Lipinski definition) is 5. The highest BCUT2D eigenvalue weighted by Gasteiger charge is 2.17. The normalized spacial score (nSPS) is 9.20. The summed E-state index contributed by atoms with van der Waals surface area (Å²) in [5, 5.41) is 8.93. The summed E-state index contributed by atoms with van der Waals surface area (Å²) in [6.07, 6.45) is 0. The van der Waals surface area contributed by atoms with Gasteiger partial charge in [-0.2, -0.15) is 5.26 Å². The van der Waals surface area contributed by atoms with Crippen molar-refractivity contribution in [3.8, 4) is 11.8 Å². The number of thiol groups is 1. The lowest BCUT2D eigenvalue weighted by Gasteiger charge is -2.08. The van der Waals surface area contributed by atoms with Crippen molar-refractivity contribution in [2.45, 2.75) is 4.90 Å². The zero-order chi connectivity index (χ0) is 11.4. The SMILES string of the molecule is COC(=O)c1ccc(S)c(OC)c1C#N. The molecule has 15 heavy (non-hydrogen) atoms. The van der Waals surface area contributed by atoms with Crippen molar-refractivity contribution in [1.29, 1.82) is 5.26 Å². The van der Waals surface area contributed by atoms with Crippen molar-refractivity contribution in [2.75, 3.05) is 14.2 Å². The summed E-state index contributed by atoms with van der Waals surface area (Å²) in [4.78, 5) is 11.8. The van der Waals surface area contributed by atoms with E-state index in [-0.39, 0.29) is 16.9 Å². The van der Waals surface area contributed by atoms with E-state index in [2.05, 4.69) is 17.4 Å². The molecule has 4 nitrogen and oxygen atoms in total. The average Bonchev–Trinajstić information content (AvgIpc) is 2.27. The maximum atomic E-state index is 11.3. The second-order valence-corrected chi connectivity index (χ2v) is 3.13. The van der Waals surface area contributed by atoms with Crippen LogP contribution in [0.2, 0.25) is 0 Å². The highest BCUT2D eigenvalue weighted by molar-refractivity contribution is 7.80. The number of carbonyl (C=O) groups is 1. The molecule has 0 atom stereocenters. The summed E-state index contributed by atoms with van der Waals surface area (Å²) in [6.45, 7) is 0. The fourth-order valence-corrected chi connectivity index (χ4v) is 1.45. The van der Waals surface area contributed by atoms with Crippen LogP contribution in [0, 0.1) is 11.3 Å². The first-order valence-corrected chi connectivity index (χ1v) is 4.48. The van der Waals surface area contributed by atoms with Gasteiger partial charge in [-0.15, -0.1) is 12.6 Å². The Kier molecular flexibility index (Phi) is 3.58. The number of carbonyl (C=O) groups excluding carboxylic acids is 1. The molecule has 0 radical (unpaired) electrons. The lowest BCUT2D eigenvalue weighted by molar-refractivity contribution is 0.0600. The minimum atomic E-state index is -0.571. The van der Waals surface area contributed by atoms with Gasteiger partial charge < -0.3 is 9.47 Å². The molecule has 78 valence electrons. The number of nitriles is 1. The van der Waals surface area contributed by atoms with Gasteiger partial charge in [0.25, 0.3) is 0 Å². The van der Waals surface area contributed by atoms with E-state index in [0.29, 0.717) is 4.90 Å². The first-order chi connectivity index (χ1) is 7.15. The van der Waals surface area contributed by atoms with E-state index in [0.717, 1.165) is 0 Å². The van der Waals surface area contributed by atoms with E-state index in [1.807, 2.05) is 6.07 Å². The molecule has 0 fully saturated rings. The molecule has 0 saturated heterocycles. The van der Waals surface area contributed by atoms with Gasteiger partial charge in [0.2, 0.25) is 0 Å². The van der Waals surface area contributed by atoms with Crippen molar-refractivity contribution < 1.29 is 14.3 Å². The van der Waals surface area contributed by atoms with Gasteiger partial charge in [0.05, 0.1) is 19.8 Å². The predicted octanol–water partition coefficient (Wildman–Crippen LogP) is 1.64. The van der Waals surface area contributed by atoms with Gasteiger partial charge in [-0.05, 0) is 12.1 Å². The number of methoxy groups -OCH3 is 2. The third kappa shape index (κ3) is 2.05. The molecule has 0 aromatic heterocycles. The number of benzene rings is 1. The minimum absolute atomic E-state index is 0.136. The molecule has 1 rings (SSSR count).